The van der Waals surface area contributed by atoms with Crippen LogP contribution < -0.4 is 15.5 Å². The molecular weight excluding hydrogens is 536 g/mol. The van der Waals surface area contributed by atoms with Crippen LogP contribution >= 0.6 is 39.9 Å². The van der Waals surface area contributed by atoms with Gasteiger partial charge in [0.05, 0.1) is 11.6 Å². The number of halogens is 3. The second-order valence-electron chi connectivity index (χ2n) is 6.40. The smallest absolute Gasteiger partial charge is 0.191 e. The highest BCUT2D eigenvalue weighted by Crippen LogP contribution is 2.22. The number of hydrogen-bond acceptors (Lipinski definition) is 3. The van der Waals surface area contributed by atoms with Gasteiger partial charge in [0.25, 0.3) is 0 Å². The van der Waals surface area contributed by atoms with E-state index in [9.17, 15) is 4.39 Å². The Bertz CT molecular complexity index is 866. The molecule has 2 aromatic rings. The van der Waals surface area contributed by atoms with E-state index in [1.807, 2.05) is 18.2 Å². The van der Waals surface area contributed by atoms with Gasteiger partial charge in [-0.15, -0.1) is 24.0 Å². The molecule has 0 radical (unpaired) electrons. The number of nitriles is 1. The first-order chi connectivity index (χ1) is 13.1. The molecule has 1 fully saturated rings. The molecule has 5 nitrogen and oxygen atoms in total. The fourth-order valence-corrected chi connectivity index (χ4v) is 3.36. The second-order valence-corrected chi connectivity index (χ2v) is 7.31. The quantitative estimate of drug-likeness (QED) is 0.338. The molecule has 2 aromatic carbocycles. The Labute approximate surface area is 190 Å². The van der Waals surface area contributed by atoms with Crippen LogP contribution in [0.3, 0.4) is 0 Å². The molecule has 1 aliphatic heterocycles. The number of aliphatic imine (C=N–C) groups is 1. The maximum atomic E-state index is 14.0. The predicted molar refractivity (Wildman–Crippen MR) is 125 cm³/mol. The van der Waals surface area contributed by atoms with Gasteiger partial charge in [0.15, 0.2) is 5.96 Å². The third-order valence-corrected chi connectivity index (χ3v) is 5.10. The van der Waals surface area contributed by atoms with E-state index in [2.05, 4.69) is 48.6 Å². The first-order valence-electron chi connectivity index (χ1n) is 8.75. The van der Waals surface area contributed by atoms with Crippen molar-refractivity contribution in [2.75, 3.05) is 25.0 Å². The zero-order chi connectivity index (χ0) is 19.2. The summed E-state index contributed by atoms with van der Waals surface area (Å²) in [6.45, 7) is 2.16. The number of rotatable bonds is 4. The molecule has 0 bridgehead atoms. The monoisotopic (exact) mass is 557 g/mol. The first-order valence-corrected chi connectivity index (χ1v) is 9.54. The summed E-state index contributed by atoms with van der Waals surface area (Å²) in [5.74, 6) is 0.251. The van der Waals surface area contributed by atoms with Crippen LogP contribution in [0.15, 0.2) is 51.9 Å². The number of benzene rings is 2. The summed E-state index contributed by atoms with van der Waals surface area (Å²) < 4.78 is 15.1. The van der Waals surface area contributed by atoms with Crippen molar-refractivity contribution in [3.05, 3.63) is 63.9 Å². The van der Waals surface area contributed by atoms with Gasteiger partial charge in [-0.25, -0.2) is 4.39 Å². The molecule has 1 unspecified atom stereocenters. The lowest BCUT2D eigenvalue weighted by Gasteiger charge is -2.20. The van der Waals surface area contributed by atoms with E-state index in [4.69, 9.17) is 5.26 Å². The Balaban J connectivity index is 0.00000280. The third-order valence-electron chi connectivity index (χ3n) is 4.57. The molecule has 1 heterocycles. The molecular formula is C20H22BrFIN5. The number of guanidine groups is 1. The molecule has 1 aliphatic rings. The molecule has 1 saturated heterocycles. The number of anilines is 1. The fourth-order valence-electron chi connectivity index (χ4n) is 3.09. The molecule has 0 amide bonds. The third kappa shape index (κ3) is 5.82. The highest BCUT2D eigenvalue weighted by Gasteiger charge is 2.23. The SMILES string of the molecule is CN=C(NCc1ccc(C#N)cc1F)NC1CCN(c2ccc(Br)cc2)C1.I. The van der Waals surface area contributed by atoms with Crippen molar-refractivity contribution in [2.24, 2.45) is 4.99 Å². The molecule has 0 aliphatic carbocycles. The van der Waals surface area contributed by atoms with Crippen LogP contribution in [0.5, 0.6) is 0 Å². The summed E-state index contributed by atoms with van der Waals surface area (Å²) in [4.78, 5) is 6.57. The molecule has 3 rings (SSSR count). The lowest BCUT2D eigenvalue weighted by Crippen LogP contribution is -2.44. The Hall–Kier alpha value is -1.86. The van der Waals surface area contributed by atoms with E-state index in [0.29, 0.717) is 23.6 Å². The van der Waals surface area contributed by atoms with Gasteiger partial charge in [0.2, 0.25) is 0 Å². The van der Waals surface area contributed by atoms with Gasteiger partial charge in [-0.05, 0) is 42.8 Å². The van der Waals surface area contributed by atoms with Crippen molar-refractivity contribution >= 4 is 51.6 Å². The van der Waals surface area contributed by atoms with Crippen molar-refractivity contribution in [1.29, 1.82) is 5.26 Å². The van der Waals surface area contributed by atoms with E-state index in [0.717, 1.165) is 24.0 Å². The van der Waals surface area contributed by atoms with Crippen LogP contribution in [0.25, 0.3) is 0 Å². The molecule has 0 spiro atoms. The molecule has 1 atom stereocenters. The highest BCUT2D eigenvalue weighted by molar-refractivity contribution is 14.0. The summed E-state index contributed by atoms with van der Waals surface area (Å²) in [5.41, 5.74) is 2.02. The molecule has 2 N–H and O–H groups in total. The van der Waals surface area contributed by atoms with Crippen LogP contribution in [0.1, 0.15) is 17.5 Å². The van der Waals surface area contributed by atoms with Gasteiger partial charge in [-0.3, -0.25) is 4.99 Å². The summed E-state index contributed by atoms with van der Waals surface area (Å²) in [6, 6.07) is 15.0. The minimum atomic E-state index is -0.390. The van der Waals surface area contributed by atoms with Gasteiger partial charge in [0.1, 0.15) is 5.82 Å². The molecule has 8 heteroatoms. The van der Waals surface area contributed by atoms with Crippen molar-refractivity contribution in [3.8, 4) is 6.07 Å². The number of hydrogen-bond donors (Lipinski definition) is 2. The summed E-state index contributed by atoms with van der Waals surface area (Å²) in [7, 11) is 1.70. The van der Waals surface area contributed by atoms with Crippen molar-refractivity contribution in [2.45, 2.75) is 19.0 Å². The average molecular weight is 558 g/mol. The van der Waals surface area contributed by atoms with Crippen LogP contribution in [-0.2, 0) is 6.54 Å². The van der Waals surface area contributed by atoms with Gasteiger partial charge in [-0.2, -0.15) is 5.26 Å². The summed E-state index contributed by atoms with van der Waals surface area (Å²) in [6.07, 6.45) is 1.00. The minimum Gasteiger partial charge on any atom is -0.369 e. The molecule has 0 saturated carbocycles. The minimum absolute atomic E-state index is 0. The molecule has 148 valence electrons. The van der Waals surface area contributed by atoms with Gasteiger partial charge < -0.3 is 15.5 Å². The average Bonchev–Trinajstić information content (AvgIpc) is 3.14. The topological polar surface area (TPSA) is 63.5 Å². The lowest BCUT2D eigenvalue weighted by atomic mass is 10.1. The predicted octanol–water partition coefficient (Wildman–Crippen LogP) is 4.02. The van der Waals surface area contributed by atoms with Crippen LogP contribution in [0.4, 0.5) is 10.1 Å². The number of nitrogens with zero attached hydrogens (tertiary/aromatic N) is 3. The van der Waals surface area contributed by atoms with Gasteiger partial charge in [-0.1, -0.05) is 22.0 Å². The Morgan fingerprint density at radius 2 is 2.07 bits per heavy atom. The maximum Gasteiger partial charge on any atom is 0.191 e. The van der Waals surface area contributed by atoms with Crippen LogP contribution in [-0.4, -0.2) is 32.1 Å². The van der Waals surface area contributed by atoms with Gasteiger partial charge >= 0.3 is 0 Å². The van der Waals surface area contributed by atoms with Crippen molar-refractivity contribution in [1.82, 2.24) is 10.6 Å². The van der Waals surface area contributed by atoms with E-state index in [1.54, 1.807) is 19.2 Å². The molecule has 28 heavy (non-hydrogen) atoms. The number of nitrogens with one attached hydrogen (secondary N) is 2. The summed E-state index contributed by atoms with van der Waals surface area (Å²) in [5, 5.41) is 15.4. The highest BCUT2D eigenvalue weighted by atomic mass is 127. The summed E-state index contributed by atoms with van der Waals surface area (Å²) >= 11 is 3.46. The van der Waals surface area contributed by atoms with E-state index < -0.39 is 0 Å². The Morgan fingerprint density at radius 1 is 1.32 bits per heavy atom. The Morgan fingerprint density at radius 3 is 2.71 bits per heavy atom. The van der Waals surface area contributed by atoms with Gasteiger partial charge in [0, 0.05) is 48.4 Å². The van der Waals surface area contributed by atoms with Crippen LogP contribution in [0, 0.1) is 17.1 Å². The second kappa shape index (κ2) is 10.6. The van der Waals surface area contributed by atoms with E-state index in [1.165, 1.54) is 11.8 Å². The maximum absolute atomic E-state index is 14.0. The van der Waals surface area contributed by atoms with Crippen molar-refractivity contribution < 1.29 is 4.39 Å². The zero-order valence-corrected chi connectivity index (χ0v) is 19.4. The fraction of sp³-hybridized carbons (Fsp3) is 0.300. The normalized spacial score (nSPS) is 16.3. The van der Waals surface area contributed by atoms with E-state index in [-0.39, 0.29) is 35.8 Å². The first kappa shape index (κ1) is 22.4. The largest absolute Gasteiger partial charge is 0.369 e. The van der Waals surface area contributed by atoms with Crippen molar-refractivity contribution in [3.63, 3.8) is 0 Å². The van der Waals surface area contributed by atoms with E-state index >= 15 is 0 Å². The van der Waals surface area contributed by atoms with Crippen LogP contribution in [0.2, 0.25) is 0 Å². The Kier molecular flexibility index (Phi) is 8.51. The standard InChI is InChI=1S/C20H21BrFN5.HI/c1-24-20(25-12-15-3-2-14(11-23)10-19(15)22)26-17-8-9-27(13-17)18-6-4-16(21)5-7-18;/h2-7,10,17H,8-9,12-13H2,1H3,(H2,24,25,26);1H. The molecule has 0 aromatic heterocycles. The lowest BCUT2D eigenvalue weighted by molar-refractivity contribution is 0.600. The zero-order valence-electron chi connectivity index (χ0n) is 15.5.